The van der Waals surface area contributed by atoms with Crippen molar-refractivity contribution < 1.29 is 13.2 Å². The summed E-state index contributed by atoms with van der Waals surface area (Å²) in [6, 6.07) is 15.4. The lowest BCUT2D eigenvalue weighted by Crippen LogP contribution is -2.33. The Balaban J connectivity index is 1.37. The van der Waals surface area contributed by atoms with Crippen molar-refractivity contribution in [2.75, 3.05) is 35.1 Å². The van der Waals surface area contributed by atoms with Gasteiger partial charge >= 0.3 is 6.03 Å². The highest BCUT2D eigenvalue weighted by molar-refractivity contribution is 8.16. The number of amides is 2. The first-order valence-corrected chi connectivity index (χ1v) is 12.2. The number of thioether (sulfide) groups is 1. The number of hydrogen-bond donors (Lipinski definition) is 3. The van der Waals surface area contributed by atoms with Crippen LogP contribution in [-0.4, -0.2) is 45.0 Å². The second-order valence-corrected chi connectivity index (χ2v) is 10.7. The van der Waals surface area contributed by atoms with Gasteiger partial charge in [-0.1, -0.05) is 24.3 Å². The topological polar surface area (TPSA) is 103 Å². The van der Waals surface area contributed by atoms with E-state index in [1.807, 2.05) is 24.3 Å². The van der Waals surface area contributed by atoms with Gasteiger partial charge in [-0.15, -0.1) is 11.8 Å². The summed E-state index contributed by atoms with van der Waals surface area (Å²) in [5.74, 6) is 0.787. The number of amidine groups is 1. The Bertz CT molecular complexity index is 1120. The molecule has 2 heterocycles. The van der Waals surface area contributed by atoms with E-state index >= 15 is 0 Å². The molecule has 0 spiro atoms. The van der Waals surface area contributed by atoms with E-state index in [1.54, 1.807) is 43.4 Å². The Morgan fingerprint density at radius 3 is 2.42 bits per heavy atom. The number of sulfonamides is 1. The largest absolute Gasteiger partial charge is 0.368 e. The molecule has 0 saturated carbocycles. The van der Waals surface area contributed by atoms with Crippen molar-refractivity contribution in [3.05, 3.63) is 65.6 Å². The van der Waals surface area contributed by atoms with Crippen molar-refractivity contribution in [1.29, 1.82) is 0 Å². The van der Waals surface area contributed by atoms with Crippen LogP contribution in [0.15, 0.2) is 70.6 Å². The Kier molecular flexibility index (Phi) is 6.19. The molecule has 2 amide bonds. The van der Waals surface area contributed by atoms with Crippen molar-refractivity contribution in [2.45, 2.75) is 11.0 Å². The van der Waals surface area contributed by atoms with Gasteiger partial charge in [-0.05, 0) is 42.8 Å². The molecule has 0 aromatic heterocycles. The van der Waals surface area contributed by atoms with Gasteiger partial charge in [-0.3, -0.25) is 9.30 Å². The van der Waals surface area contributed by atoms with Gasteiger partial charge in [0, 0.05) is 29.9 Å². The van der Waals surface area contributed by atoms with Crippen molar-refractivity contribution in [3.8, 4) is 0 Å². The molecule has 8 nitrogen and oxygen atoms in total. The molecule has 2 aromatic rings. The molecule has 1 atom stereocenters. The van der Waals surface area contributed by atoms with E-state index in [9.17, 15) is 13.2 Å². The average Bonchev–Trinajstić information content (AvgIpc) is 3.46. The normalized spacial score (nSPS) is 18.0. The number of carbonyl (C=O) groups is 1. The van der Waals surface area contributed by atoms with Gasteiger partial charge in [0.1, 0.15) is 10.4 Å². The molecule has 0 radical (unpaired) electrons. The van der Waals surface area contributed by atoms with Gasteiger partial charge in [0.25, 0.3) is 0 Å². The molecule has 0 bridgehead atoms. The summed E-state index contributed by atoms with van der Waals surface area (Å²) in [5.41, 5.74) is 1.77. The lowest BCUT2D eigenvalue weighted by atomic mass is 10.3. The van der Waals surface area contributed by atoms with Crippen LogP contribution in [0.4, 0.5) is 21.9 Å². The summed E-state index contributed by atoms with van der Waals surface area (Å²) < 4.78 is 26.9. The molecule has 1 unspecified atom stereocenters. The number of carbonyl (C=O) groups excluding carboxylic acids is 1. The number of rotatable bonds is 6. The Morgan fingerprint density at radius 2 is 1.77 bits per heavy atom. The maximum atomic E-state index is 13.1. The molecule has 2 aliphatic heterocycles. The van der Waals surface area contributed by atoms with E-state index in [4.69, 9.17) is 0 Å². The number of urea groups is 1. The van der Waals surface area contributed by atoms with Crippen molar-refractivity contribution in [1.82, 2.24) is 5.32 Å². The smallest absolute Gasteiger partial charge is 0.323 e. The number of para-hydroxylation sites is 1. The zero-order chi connectivity index (χ0) is 21.8. The molecular weight excluding hydrogens is 434 g/mol. The van der Waals surface area contributed by atoms with Crippen molar-refractivity contribution in [3.63, 3.8) is 0 Å². The predicted molar refractivity (Wildman–Crippen MR) is 127 cm³/mol. The van der Waals surface area contributed by atoms with Gasteiger partial charge in [0.2, 0.25) is 10.0 Å². The lowest BCUT2D eigenvalue weighted by Gasteiger charge is -2.23. The molecule has 3 N–H and O–H groups in total. The van der Waals surface area contributed by atoms with E-state index in [0.717, 1.165) is 17.3 Å². The van der Waals surface area contributed by atoms with Crippen LogP contribution in [0.25, 0.3) is 0 Å². The number of benzene rings is 2. The standard InChI is InChI=1S/C21H23N5O3S2/c1-26(31(28,29)19-12-11-18(30-19)20-22-13-14-23-20)17-9-7-16(8-10-17)25-21(27)24-15-5-3-2-4-6-15/h2-11,19H,12-14H2,1H3,(H,22,23)(H2,24,25,27). The van der Waals surface area contributed by atoms with Gasteiger partial charge in [0.15, 0.2) is 0 Å². The third-order valence-electron chi connectivity index (χ3n) is 4.90. The first-order valence-electron chi connectivity index (χ1n) is 9.80. The second-order valence-electron chi connectivity index (χ2n) is 7.01. The highest BCUT2D eigenvalue weighted by Crippen LogP contribution is 2.38. The summed E-state index contributed by atoms with van der Waals surface area (Å²) in [7, 11) is -2.02. The molecular formula is C21H23N5O3S2. The van der Waals surface area contributed by atoms with Crippen LogP contribution in [0, 0.1) is 0 Å². The Labute approximate surface area is 185 Å². The number of allylic oxidation sites excluding steroid dienone is 1. The van der Waals surface area contributed by atoms with Gasteiger partial charge in [0.05, 0.1) is 12.2 Å². The van der Waals surface area contributed by atoms with Crippen LogP contribution in [0.3, 0.4) is 0 Å². The van der Waals surface area contributed by atoms with Crippen molar-refractivity contribution in [2.24, 2.45) is 4.99 Å². The van der Waals surface area contributed by atoms with Gasteiger partial charge < -0.3 is 16.0 Å². The first-order chi connectivity index (χ1) is 14.9. The second kappa shape index (κ2) is 9.03. The molecule has 31 heavy (non-hydrogen) atoms. The monoisotopic (exact) mass is 457 g/mol. The summed E-state index contributed by atoms with van der Waals surface area (Å²) in [6.45, 7) is 1.50. The van der Waals surface area contributed by atoms with E-state index in [2.05, 4.69) is 20.9 Å². The van der Waals surface area contributed by atoms with Crippen LogP contribution in [0.1, 0.15) is 6.42 Å². The third-order valence-corrected chi connectivity index (χ3v) is 8.81. The van der Waals surface area contributed by atoms with Crippen molar-refractivity contribution >= 4 is 50.7 Å². The van der Waals surface area contributed by atoms with Crippen LogP contribution < -0.4 is 20.3 Å². The minimum absolute atomic E-state index is 0.371. The first kappa shape index (κ1) is 21.3. The highest BCUT2D eigenvalue weighted by atomic mass is 32.3. The Hall–Kier alpha value is -2.98. The highest BCUT2D eigenvalue weighted by Gasteiger charge is 2.35. The molecule has 0 saturated heterocycles. The van der Waals surface area contributed by atoms with E-state index in [1.165, 1.54) is 16.1 Å². The number of hydrogen-bond acceptors (Lipinski definition) is 6. The van der Waals surface area contributed by atoms with Crippen LogP contribution >= 0.6 is 11.8 Å². The van der Waals surface area contributed by atoms with Crippen LogP contribution in [0.2, 0.25) is 0 Å². The average molecular weight is 458 g/mol. The fourth-order valence-electron chi connectivity index (χ4n) is 3.23. The number of nitrogens with zero attached hydrogens (tertiary/aromatic N) is 2. The number of aliphatic imine (C=N–C) groups is 1. The molecule has 10 heteroatoms. The fourth-order valence-corrected chi connectivity index (χ4v) is 6.44. The number of nitrogens with one attached hydrogen (secondary N) is 3. The van der Waals surface area contributed by atoms with Gasteiger partial charge in [-0.2, -0.15) is 0 Å². The molecule has 162 valence electrons. The lowest BCUT2D eigenvalue weighted by molar-refractivity contribution is 0.262. The Morgan fingerprint density at radius 1 is 1.10 bits per heavy atom. The van der Waals surface area contributed by atoms with Crippen LogP contribution in [-0.2, 0) is 10.0 Å². The molecule has 0 fully saturated rings. The predicted octanol–water partition coefficient (Wildman–Crippen LogP) is 3.45. The maximum Gasteiger partial charge on any atom is 0.323 e. The fraction of sp³-hybridized carbons (Fsp3) is 0.238. The quantitative estimate of drug-likeness (QED) is 0.617. The minimum atomic E-state index is -3.57. The summed E-state index contributed by atoms with van der Waals surface area (Å²) in [6.07, 6.45) is 2.36. The molecule has 2 aliphatic rings. The SMILES string of the molecule is CN(c1ccc(NC(=O)Nc2ccccc2)cc1)S(=O)(=O)C1CC=C(C2=NCCN2)S1. The number of anilines is 3. The summed E-state index contributed by atoms with van der Waals surface area (Å²) in [4.78, 5) is 17.4. The maximum absolute atomic E-state index is 13.1. The zero-order valence-electron chi connectivity index (χ0n) is 16.9. The minimum Gasteiger partial charge on any atom is -0.368 e. The summed E-state index contributed by atoms with van der Waals surface area (Å²) >= 11 is 1.32. The molecule has 4 rings (SSSR count). The van der Waals surface area contributed by atoms with Crippen LogP contribution in [0.5, 0.6) is 0 Å². The van der Waals surface area contributed by atoms with Gasteiger partial charge in [-0.25, -0.2) is 13.2 Å². The van der Waals surface area contributed by atoms with E-state index in [-0.39, 0.29) is 6.03 Å². The summed E-state index contributed by atoms with van der Waals surface area (Å²) in [5, 5.41) is 8.65. The molecule has 0 aliphatic carbocycles. The molecule has 2 aromatic carbocycles. The van der Waals surface area contributed by atoms with E-state index < -0.39 is 14.6 Å². The third kappa shape index (κ3) is 4.86. The van der Waals surface area contributed by atoms with E-state index in [0.29, 0.717) is 30.0 Å². The zero-order valence-corrected chi connectivity index (χ0v) is 18.5.